The summed E-state index contributed by atoms with van der Waals surface area (Å²) in [5.74, 6) is -0.851. The van der Waals surface area contributed by atoms with E-state index in [0.29, 0.717) is 6.04 Å². The summed E-state index contributed by atoms with van der Waals surface area (Å²) in [6, 6.07) is 0.392. The molecule has 0 bridgehead atoms. The smallest absolute Gasteiger partial charge is 0.327 e. The van der Waals surface area contributed by atoms with Crippen LogP contribution in [-0.2, 0) is 4.79 Å². The number of unbranched alkanes of at least 4 members (excludes halogenated alkanes) is 6. The van der Waals surface area contributed by atoms with E-state index in [-0.39, 0.29) is 0 Å². The van der Waals surface area contributed by atoms with Crippen LogP contribution in [0.4, 0.5) is 0 Å². The van der Waals surface area contributed by atoms with Crippen molar-refractivity contribution in [3.63, 3.8) is 0 Å². The summed E-state index contributed by atoms with van der Waals surface area (Å²) in [5, 5.41) is 8.40. The molecule has 0 spiro atoms. The largest absolute Gasteiger partial charge is 0.478 e. The van der Waals surface area contributed by atoms with Gasteiger partial charge in [-0.1, -0.05) is 51.5 Å². The van der Waals surface area contributed by atoms with Crippen LogP contribution in [-0.4, -0.2) is 17.1 Å². The van der Waals surface area contributed by atoms with Crippen molar-refractivity contribution in [2.75, 3.05) is 0 Å². The van der Waals surface area contributed by atoms with Gasteiger partial charge in [0, 0.05) is 12.1 Å². The first kappa shape index (κ1) is 17.2. The third-order valence-electron chi connectivity index (χ3n) is 3.13. The zero-order chi connectivity index (χ0) is 13.6. The fourth-order valence-corrected chi connectivity index (χ4v) is 1.99. The molecule has 0 aliphatic heterocycles. The molecule has 0 aliphatic rings. The minimum absolute atomic E-state index is 0.392. The molecule has 0 unspecified atom stereocenters. The van der Waals surface area contributed by atoms with E-state index in [1.165, 1.54) is 44.6 Å². The summed E-state index contributed by atoms with van der Waals surface area (Å²) in [6.07, 6.45) is 14.6. The lowest BCUT2D eigenvalue weighted by atomic mass is 10.0. The monoisotopic (exact) mass is 255 g/mol. The van der Waals surface area contributed by atoms with E-state index in [4.69, 9.17) is 10.8 Å². The van der Waals surface area contributed by atoms with Gasteiger partial charge >= 0.3 is 5.97 Å². The Morgan fingerprint density at radius 1 is 1.11 bits per heavy atom. The Balaban J connectivity index is 3.18. The zero-order valence-electron chi connectivity index (χ0n) is 11.7. The van der Waals surface area contributed by atoms with Crippen molar-refractivity contribution in [1.82, 2.24) is 0 Å². The van der Waals surface area contributed by atoms with E-state index in [0.717, 1.165) is 25.7 Å². The highest BCUT2D eigenvalue weighted by Crippen LogP contribution is 2.11. The van der Waals surface area contributed by atoms with E-state index in [1.807, 2.05) is 0 Å². The van der Waals surface area contributed by atoms with Crippen LogP contribution in [0, 0.1) is 0 Å². The van der Waals surface area contributed by atoms with Gasteiger partial charge in [-0.15, -0.1) is 0 Å². The molecular formula is C15H29NO2. The molecule has 1 atom stereocenters. The van der Waals surface area contributed by atoms with Crippen molar-refractivity contribution < 1.29 is 9.90 Å². The molecule has 0 amide bonds. The van der Waals surface area contributed by atoms with Crippen LogP contribution in [0.3, 0.4) is 0 Å². The maximum Gasteiger partial charge on any atom is 0.327 e. The predicted octanol–water partition coefficient (Wildman–Crippen LogP) is 3.88. The Morgan fingerprint density at radius 2 is 1.72 bits per heavy atom. The minimum atomic E-state index is -0.851. The van der Waals surface area contributed by atoms with Crippen LogP contribution in [0.5, 0.6) is 0 Å². The lowest BCUT2D eigenvalue weighted by molar-refractivity contribution is -0.131. The SMILES string of the molecule is CCCC[C@H](N)CCCCCCC/C=C/C(=O)O. The molecule has 3 heteroatoms. The Morgan fingerprint density at radius 3 is 2.39 bits per heavy atom. The first-order valence-corrected chi connectivity index (χ1v) is 7.31. The lowest BCUT2D eigenvalue weighted by Crippen LogP contribution is -2.19. The van der Waals surface area contributed by atoms with Gasteiger partial charge in [0.25, 0.3) is 0 Å². The molecule has 0 radical (unpaired) electrons. The highest BCUT2D eigenvalue weighted by molar-refractivity contribution is 5.79. The van der Waals surface area contributed by atoms with Crippen molar-refractivity contribution in [3.05, 3.63) is 12.2 Å². The van der Waals surface area contributed by atoms with E-state index >= 15 is 0 Å². The van der Waals surface area contributed by atoms with Gasteiger partial charge in [-0.3, -0.25) is 0 Å². The fourth-order valence-electron chi connectivity index (χ4n) is 1.99. The molecular weight excluding hydrogens is 226 g/mol. The number of rotatable bonds is 12. The standard InChI is InChI=1S/C15H29NO2/c1-2-3-11-14(16)12-9-7-5-4-6-8-10-13-15(17)18/h10,13-14H,2-9,11-12,16H2,1H3,(H,17,18)/b13-10+/t14-/m0/s1. The third-order valence-corrected chi connectivity index (χ3v) is 3.13. The van der Waals surface area contributed by atoms with Gasteiger partial charge in [0.1, 0.15) is 0 Å². The molecule has 0 heterocycles. The van der Waals surface area contributed by atoms with Gasteiger partial charge < -0.3 is 10.8 Å². The summed E-state index contributed by atoms with van der Waals surface area (Å²) in [4.78, 5) is 10.2. The number of hydrogen-bond donors (Lipinski definition) is 2. The summed E-state index contributed by atoms with van der Waals surface area (Å²) in [6.45, 7) is 2.20. The molecule has 3 N–H and O–H groups in total. The van der Waals surface area contributed by atoms with Gasteiger partial charge in [0.15, 0.2) is 0 Å². The van der Waals surface area contributed by atoms with Gasteiger partial charge in [-0.05, 0) is 25.7 Å². The van der Waals surface area contributed by atoms with E-state index in [2.05, 4.69) is 6.92 Å². The Kier molecular flexibility index (Phi) is 12.0. The van der Waals surface area contributed by atoms with Gasteiger partial charge in [-0.25, -0.2) is 4.79 Å². The quantitative estimate of drug-likeness (QED) is 0.411. The number of carboxylic acids is 1. The first-order chi connectivity index (χ1) is 8.66. The van der Waals surface area contributed by atoms with Crippen molar-refractivity contribution in [2.45, 2.75) is 77.2 Å². The molecule has 0 fully saturated rings. The number of allylic oxidation sites excluding steroid dienone is 1. The third kappa shape index (κ3) is 13.2. The van der Waals surface area contributed by atoms with Crippen molar-refractivity contribution in [2.24, 2.45) is 5.73 Å². The summed E-state index contributed by atoms with van der Waals surface area (Å²) in [7, 11) is 0. The maximum atomic E-state index is 10.2. The normalized spacial score (nSPS) is 13.0. The Bertz CT molecular complexity index is 227. The zero-order valence-corrected chi connectivity index (χ0v) is 11.7. The molecule has 106 valence electrons. The number of carbonyl (C=O) groups is 1. The van der Waals surface area contributed by atoms with Crippen LogP contribution in [0.2, 0.25) is 0 Å². The van der Waals surface area contributed by atoms with Crippen molar-refractivity contribution in [3.8, 4) is 0 Å². The Hall–Kier alpha value is -0.830. The molecule has 18 heavy (non-hydrogen) atoms. The van der Waals surface area contributed by atoms with Crippen molar-refractivity contribution >= 4 is 5.97 Å². The number of nitrogens with two attached hydrogens (primary N) is 1. The molecule has 0 aliphatic carbocycles. The second kappa shape index (κ2) is 12.6. The van der Waals surface area contributed by atoms with Crippen LogP contribution < -0.4 is 5.73 Å². The topological polar surface area (TPSA) is 63.3 Å². The fraction of sp³-hybridized carbons (Fsp3) is 0.800. The second-order valence-electron chi connectivity index (χ2n) is 4.99. The second-order valence-corrected chi connectivity index (χ2v) is 4.99. The van der Waals surface area contributed by atoms with Crippen molar-refractivity contribution in [1.29, 1.82) is 0 Å². The van der Waals surface area contributed by atoms with E-state index < -0.39 is 5.97 Å². The van der Waals surface area contributed by atoms with E-state index in [1.54, 1.807) is 6.08 Å². The molecule has 0 aromatic carbocycles. The predicted molar refractivity (Wildman–Crippen MR) is 76.6 cm³/mol. The molecule has 0 aromatic heterocycles. The average molecular weight is 255 g/mol. The van der Waals surface area contributed by atoms with Gasteiger partial charge in [0.2, 0.25) is 0 Å². The lowest BCUT2D eigenvalue weighted by Gasteiger charge is -2.10. The maximum absolute atomic E-state index is 10.2. The number of aliphatic carboxylic acids is 1. The minimum Gasteiger partial charge on any atom is -0.478 e. The van der Waals surface area contributed by atoms with Crippen LogP contribution in [0.1, 0.15) is 71.1 Å². The number of carboxylic acid groups (broad SMARTS) is 1. The molecule has 0 aromatic rings. The highest BCUT2D eigenvalue weighted by atomic mass is 16.4. The highest BCUT2D eigenvalue weighted by Gasteiger charge is 2.00. The molecule has 0 saturated heterocycles. The van der Waals surface area contributed by atoms with Crippen LogP contribution in [0.25, 0.3) is 0 Å². The Labute approximate surface area is 111 Å². The molecule has 0 saturated carbocycles. The van der Waals surface area contributed by atoms with E-state index in [9.17, 15) is 4.79 Å². The summed E-state index contributed by atoms with van der Waals surface area (Å²) in [5.41, 5.74) is 6.00. The summed E-state index contributed by atoms with van der Waals surface area (Å²) < 4.78 is 0. The van der Waals surface area contributed by atoms with Gasteiger partial charge in [0.05, 0.1) is 0 Å². The summed E-state index contributed by atoms with van der Waals surface area (Å²) >= 11 is 0. The first-order valence-electron chi connectivity index (χ1n) is 7.31. The van der Waals surface area contributed by atoms with Crippen LogP contribution in [0.15, 0.2) is 12.2 Å². The molecule has 0 rings (SSSR count). The number of hydrogen-bond acceptors (Lipinski definition) is 2. The average Bonchev–Trinajstić information content (AvgIpc) is 2.34. The van der Waals surface area contributed by atoms with Crippen LogP contribution >= 0.6 is 0 Å². The van der Waals surface area contributed by atoms with Gasteiger partial charge in [-0.2, -0.15) is 0 Å². The molecule has 3 nitrogen and oxygen atoms in total.